The maximum absolute atomic E-state index is 12.0. The van der Waals surface area contributed by atoms with E-state index in [1.54, 1.807) is 23.9 Å². The summed E-state index contributed by atoms with van der Waals surface area (Å²) in [4.78, 5) is 18.7. The van der Waals surface area contributed by atoms with Gasteiger partial charge in [0.2, 0.25) is 0 Å². The molecule has 20 heavy (non-hydrogen) atoms. The molecule has 0 unspecified atom stereocenters. The third-order valence-corrected chi connectivity index (χ3v) is 3.33. The molecule has 2 heterocycles. The van der Waals surface area contributed by atoms with Gasteiger partial charge in [0.15, 0.2) is 0 Å². The average Bonchev–Trinajstić information content (AvgIpc) is 2.76. The molecule has 0 atom stereocenters. The molecular weight excluding hydrogens is 278 g/mol. The zero-order valence-electron chi connectivity index (χ0n) is 10.8. The second-order valence-electron chi connectivity index (χ2n) is 4.39. The lowest BCUT2D eigenvalue weighted by Gasteiger charge is -2.05. The van der Waals surface area contributed by atoms with E-state index in [2.05, 4.69) is 9.97 Å². The third kappa shape index (κ3) is 2.28. The normalized spacial score (nSPS) is 10.9. The van der Waals surface area contributed by atoms with Gasteiger partial charge in [0, 0.05) is 6.07 Å². The number of halogens is 1. The van der Waals surface area contributed by atoms with E-state index in [-0.39, 0.29) is 5.69 Å². The molecule has 6 heteroatoms. The Bertz CT molecular complexity index is 805. The van der Waals surface area contributed by atoms with E-state index in [1.165, 1.54) is 0 Å². The highest BCUT2D eigenvalue weighted by Crippen LogP contribution is 2.16. The molecule has 0 amide bonds. The van der Waals surface area contributed by atoms with Gasteiger partial charge in [-0.1, -0.05) is 23.7 Å². The highest BCUT2D eigenvalue weighted by Gasteiger charge is 2.08. The molecule has 0 bridgehead atoms. The minimum absolute atomic E-state index is 0.181. The average molecular weight is 290 g/mol. The second-order valence-corrected chi connectivity index (χ2v) is 4.78. The van der Waals surface area contributed by atoms with E-state index < -0.39 is 0 Å². The van der Waals surface area contributed by atoms with Gasteiger partial charge in [-0.05, 0) is 17.7 Å². The third-order valence-electron chi connectivity index (χ3n) is 3.13. The van der Waals surface area contributed by atoms with Gasteiger partial charge in [-0.15, -0.1) is 0 Å². The number of aromatic nitrogens is 3. The molecule has 1 N–H and O–H groups in total. The Morgan fingerprint density at radius 3 is 2.80 bits per heavy atom. The fourth-order valence-corrected chi connectivity index (χ4v) is 2.25. The van der Waals surface area contributed by atoms with Crippen LogP contribution in [0.2, 0.25) is 5.15 Å². The van der Waals surface area contributed by atoms with Gasteiger partial charge in [0.05, 0.1) is 30.9 Å². The minimum Gasteiger partial charge on any atom is -0.497 e. The van der Waals surface area contributed by atoms with Crippen molar-refractivity contribution in [3.05, 3.63) is 57.7 Å². The largest absolute Gasteiger partial charge is 0.497 e. The van der Waals surface area contributed by atoms with Crippen molar-refractivity contribution in [2.24, 2.45) is 0 Å². The number of fused-ring (bicyclic) bond motifs is 1. The molecule has 0 aliphatic carbocycles. The lowest BCUT2D eigenvalue weighted by Crippen LogP contribution is -2.17. The Morgan fingerprint density at radius 1 is 1.35 bits per heavy atom. The fourth-order valence-electron chi connectivity index (χ4n) is 2.10. The van der Waals surface area contributed by atoms with Crippen molar-refractivity contribution < 1.29 is 4.74 Å². The van der Waals surface area contributed by atoms with Crippen molar-refractivity contribution in [3.8, 4) is 5.75 Å². The summed E-state index contributed by atoms with van der Waals surface area (Å²) in [6.45, 7) is 0.461. The molecule has 0 fully saturated rings. The Kier molecular flexibility index (Phi) is 3.20. The highest BCUT2D eigenvalue weighted by molar-refractivity contribution is 6.29. The number of methoxy groups -OCH3 is 1. The summed E-state index contributed by atoms with van der Waals surface area (Å²) >= 11 is 5.89. The number of imidazole rings is 1. The summed E-state index contributed by atoms with van der Waals surface area (Å²) in [6, 6.07) is 9.26. The predicted octanol–water partition coefficient (Wildman–Crippen LogP) is 2.43. The molecule has 5 nitrogen and oxygen atoms in total. The number of nitrogens with one attached hydrogen (secondary N) is 1. The zero-order valence-corrected chi connectivity index (χ0v) is 11.5. The van der Waals surface area contributed by atoms with Crippen LogP contribution in [0, 0.1) is 0 Å². The van der Waals surface area contributed by atoms with Crippen LogP contribution in [0.1, 0.15) is 5.56 Å². The first-order chi connectivity index (χ1) is 9.67. The lowest BCUT2D eigenvalue weighted by atomic mass is 10.2. The summed E-state index contributed by atoms with van der Waals surface area (Å²) in [6.07, 6.45) is 1.56. The summed E-state index contributed by atoms with van der Waals surface area (Å²) in [5.41, 5.74) is 2.24. The molecule has 1 aromatic carbocycles. The second kappa shape index (κ2) is 5.02. The predicted molar refractivity (Wildman–Crippen MR) is 77.5 cm³/mol. The van der Waals surface area contributed by atoms with Gasteiger partial charge < -0.3 is 9.72 Å². The Hall–Kier alpha value is -2.27. The first-order valence-corrected chi connectivity index (χ1v) is 6.42. The van der Waals surface area contributed by atoms with Gasteiger partial charge in [-0.3, -0.25) is 4.57 Å². The maximum atomic E-state index is 12.0. The van der Waals surface area contributed by atoms with Crippen molar-refractivity contribution in [1.29, 1.82) is 0 Å². The number of ether oxygens (including phenoxy) is 1. The van der Waals surface area contributed by atoms with Crippen LogP contribution >= 0.6 is 11.6 Å². The van der Waals surface area contributed by atoms with E-state index in [9.17, 15) is 4.79 Å². The summed E-state index contributed by atoms with van der Waals surface area (Å²) in [7, 11) is 1.62. The van der Waals surface area contributed by atoms with Crippen molar-refractivity contribution in [3.63, 3.8) is 0 Å². The standard InChI is InChI=1S/C14H12ClN3O2/c1-20-10-4-2-9(3-5-10)8-18-12-6-13(15)16-7-11(12)17-14(18)19/h2-7H,8H2,1H3,(H,17,19). The van der Waals surface area contributed by atoms with Crippen LogP contribution in [0.3, 0.4) is 0 Å². The van der Waals surface area contributed by atoms with Crippen LogP contribution in [0.5, 0.6) is 5.75 Å². The van der Waals surface area contributed by atoms with Crippen LogP contribution in [0.15, 0.2) is 41.3 Å². The first-order valence-electron chi connectivity index (χ1n) is 6.04. The molecule has 3 aromatic rings. The minimum atomic E-state index is -0.181. The molecule has 0 aliphatic rings. The number of benzene rings is 1. The van der Waals surface area contributed by atoms with Crippen LogP contribution in [-0.4, -0.2) is 21.6 Å². The van der Waals surface area contributed by atoms with E-state index >= 15 is 0 Å². The lowest BCUT2D eigenvalue weighted by molar-refractivity contribution is 0.414. The van der Waals surface area contributed by atoms with Crippen molar-refractivity contribution in [2.75, 3.05) is 7.11 Å². The maximum Gasteiger partial charge on any atom is 0.326 e. The first kappa shape index (κ1) is 12.7. The smallest absolute Gasteiger partial charge is 0.326 e. The molecule has 0 aliphatic heterocycles. The van der Waals surface area contributed by atoms with Gasteiger partial charge in [-0.25, -0.2) is 9.78 Å². The number of aromatic amines is 1. The van der Waals surface area contributed by atoms with Gasteiger partial charge in [-0.2, -0.15) is 0 Å². The van der Waals surface area contributed by atoms with E-state index in [4.69, 9.17) is 16.3 Å². The van der Waals surface area contributed by atoms with Crippen LogP contribution in [0.4, 0.5) is 0 Å². The molecule has 0 radical (unpaired) electrons. The van der Waals surface area contributed by atoms with Crippen LogP contribution in [0.25, 0.3) is 11.0 Å². The van der Waals surface area contributed by atoms with E-state index in [1.807, 2.05) is 24.3 Å². The number of nitrogens with zero attached hydrogens (tertiary/aromatic N) is 2. The Labute approximate surface area is 119 Å². The Balaban J connectivity index is 2.03. The number of rotatable bonds is 3. The number of pyridine rings is 1. The Morgan fingerprint density at radius 2 is 2.10 bits per heavy atom. The quantitative estimate of drug-likeness (QED) is 0.753. The molecular formula is C14H12ClN3O2. The van der Waals surface area contributed by atoms with Crippen LogP contribution in [-0.2, 0) is 6.54 Å². The topological polar surface area (TPSA) is 59.9 Å². The number of hydrogen-bond donors (Lipinski definition) is 1. The van der Waals surface area contributed by atoms with Gasteiger partial charge in [0.25, 0.3) is 0 Å². The molecule has 102 valence electrons. The SMILES string of the molecule is COc1ccc(Cn2c(=O)[nH]c3cnc(Cl)cc32)cc1. The van der Waals surface area contributed by atoms with Crippen molar-refractivity contribution in [2.45, 2.75) is 6.54 Å². The number of H-pyrrole nitrogens is 1. The highest BCUT2D eigenvalue weighted by atomic mass is 35.5. The summed E-state index contributed by atoms with van der Waals surface area (Å²) in [5.74, 6) is 0.785. The van der Waals surface area contributed by atoms with E-state index in [0.29, 0.717) is 17.2 Å². The number of hydrogen-bond acceptors (Lipinski definition) is 3. The van der Waals surface area contributed by atoms with Crippen LogP contribution < -0.4 is 10.4 Å². The molecule has 2 aromatic heterocycles. The van der Waals surface area contributed by atoms with Gasteiger partial charge in [0.1, 0.15) is 10.9 Å². The van der Waals surface area contributed by atoms with Crippen molar-refractivity contribution >= 4 is 22.6 Å². The fraction of sp³-hybridized carbons (Fsp3) is 0.143. The summed E-state index contributed by atoms with van der Waals surface area (Å²) in [5, 5.41) is 0.361. The van der Waals surface area contributed by atoms with E-state index in [0.717, 1.165) is 16.8 Å². The molecule has 0 spiro atoms. The monoisotopic (exact) mass is 289 g/mol. The molecule has 0 saturated carbocycles. The molecule has 3 rings (SSSR count). The summed E-state index contributed by atoms with van der Waals surface area (Å²) < 4.78 is 6.74. The zero-order chi connectivity index (χ0) is 14.1. The van der Waals surface area contributed by atoms with Gasteiger partial charge >= 0.3 is 5.69 Å². The van der Waals surface area contributed by atoms with Crippen molar-refractivity contribution in [1.82, 2.24) is 14.5 Å². The molecule has 0 saturated heterocycles.